The minimum absolute atomic E-state index is 0.449. The van der Waals surface area contributed by atoms with E-state index in [1.165, 1.54) is 44.9 Å². The molecule has 0 amide bonds. The lowest BCUT2D eigenvalue weighted by atomic mass is 9.96. The van der Waals surface area contributed by atoms with Crippen LogP contribution in [0, 0.1) is 0 Å². The lowest BCUT2D eigenvalue weighted by Crippen LogP contribution is -2.13. The largest absolute Gasteiger partial charge is 0.369 e. The highest BCUT2D eigenvalue weighted by Crippen LogP contribution is 2.34. The van der Waals surface area contributed by atoms with Gasteiger partial charge in [0.2, 0.25) is 5.95 Å². The van der Waals surface area contributed by atoms with Crippen LogP contribution in [0.4, 0.5) is 5.95 Å². The Morgan fingerprint density at radius 2 is 1.79 bits per heavy atom. The summed E-state index contributed by atoms with van der Waals surface area (Å²) in [4.78, 5) is 4.46. The summed E-state index contributed by atoms with van der Waals surface area (Å²) < 4.78 is 2.17. The number of nitrogen functional groups attached to an aromatic ring is 1. The monoisotopic (exact) mass is 277 g/mol. The van der Waals surface area contributed by atoms with Gasteiger partial charge in [-0.25, -0.2) is 4.98 Å². The van der Waals surface area contributed by atoms with E-state index in [0.717, 1.165) is 16.1 Å². The van der Waals surface area contributed by atoms with Crippen molar-refractivity contribution < 1.29 is 0 Å². The summed E-state index contributed by atoms with van der Waals surface area (Å²) in [5.74, 6) is 0.605. The number of nitrogens with zero attached hydrogens (tertiary/aromatic N) is 2. The Morgan fingerprint density at radius 1 is 1.11 bits per heavy atom. The molecule has 1 aromatic heterocycles. The summed E-state index contributed by atoms with van der Waals surface area (Å²) in [6.45, 7) is 0. The summed E-state index contributed by atoms with van der Waals surface area (Å²) in [6.07, 6.45) is 8.94. The second-order valence-corrected chi connectivity index (χ2v) is 5.85. The molecule has 2 aromatic rings. The van der Waals surface area contributed by atoms with Gasteiger partial charge in [0, 0.05) is 6.04 Å². The van der Waals surface area contributed by atoms with E-state index in [0.29, 0.717) is 12.0 Å². The number of imidazole rings is 1. The first-order valence-corrected chi connectivity index (χ1v) is 7.57. The maximum Gasteiger partial charge on any atom is 0.201 e. The van der Waals surface area contributed by atoms with Crippen molar-refractivity contribution in [1.82, 2.24) is 9.55 Å². The molecular formula is C15H20ClN3. The lowest BCUT2D eigenvalue weighted by molar-refractivity contribution is 0.381. The van der Waals surface area contributed by atoms with Gasteiger partial charge < -0.3 is 10.3 Å². The quantitative estimate of drug-likeness (QED) is 0.830. The van der Waals surface area contributed by atoms with Gasteiger partial charge in [-0.1, -0.05) is 49.8 Å². The van der Waals surface area contributed by atoms with Crippen LogP contribution in [0.2, 0.25) is 5.02 Å². The van der Waals surface area contributed by atoms with E-state index >= 15 is 0 Å². The van der Waals surface area contributed by atoms with Crippen molar-refractivity contribution in [3.63, 3.8) is 0 Å². The number of aromatic nitrogens is 2. The Kier molecular flexibility index (Phi) is 3.65. The molecule has 3 rings (SSSR count). The Hall–Kier alpha value is -1.22. The maximum atomic E-state index is 6.35. The molecule has 1 aromatic carbocycles. The summed E-state index contributed by atoms with van der Waals surface area (Å²) >= 11 is 6.35. The molecular weight excluding hydrogens is 258 g/mol. The normalized spacial score (nSPS) is 18.4. The molecule has 2 N–H and O–H groups in total. The summed E-state index contributed by atoms with van der Waals surface area (Å²) in [5.41, 5.74) is 8.05. The molecule has 3 nitrogen and oxygen atoms in total. The van der Waals surface area contributed by atoms with Crippen LogP contribution in [0.5, 0.6) is 0 Å². The Balaban J connectivity index is 2.04. The van der Waals surface area contributed by atoms with E-state index in [-0.39, 0.29) is 0 Å². The predicted molar refractivity (Wildman–Crippen MR) is 80.5 cm³/mol. The zero-order chi connectivity index (χ0) is 13.2. The molecule has 0 radical (unpaired) electrons. The number of hydrogen-bond donors (Lipinski definition) is 1. The third kappa shape index (κ3) is 2.44. The van der Waals surface area contributed by atoms with Crippen LogP contribution in [0.3, 0.4) is 0 Å². The van der Waals surface area contributed by atoms with Gasteiger partial charge in [0.25, 0.3) is 0 Å². The van der Waals surface area contributed by atoms with Gasteiger partial charge in [-0.3, -0.25) is 0 Å². The van der Waals surface area contributed by atoms with Crippen molar-refractivity contribution in [2.24, 2.45) is 0 Å². The minimum atomic E-state index is 0.449. The molecule has 0 spiro atoms. The van der Waals surface area contributed by atoms with Crippen LogP contribution >= 0.6 is 11.6 Å². The Morgan fingerprint density at radius 3 is 2.53 bits per heavy atom. The number of fused-ring (bicyclic) bond motifs is 1. The van der Waals surface area contributed by atoms with E-state index in [2.05, 4.69) is 9.55 Å². The summed E-state index contributed by atoms with van der Waals surface area (Å²) in [7, 11) is 0. The number of benzene rings is 1. The molecule has 1 aliphatic rings. The topological polar surface area (TPSA) is 43.8 Å². The lowest BCUT2D eigenvalue weighted by Gasteiger charge is -2.23. The van der Waals surface area contributed by atoms with E-state index in [9.17, 15) is 0 Å². The number of anilines is 1. The Labute approximate surface area is 118 Å². The number of para-hydroxylation sites is 1. The van der Waals surface area contributed by atoms with E-state index in [1.807, 2.05) is 18.2 Å². The highest BCUT2D eigenvalue weighted by atomic mass is 35.5. The van der Waals surface area contributed by atoms with Gasteiger partial charge >= 0.3 is 0 Å². The second-order valence-electron chi connectivity index (χ2n) is 5.45. The van der Waals surface area contributed by atoms with Crippen molar-refractivity contribution in [3.8, 4) is 0 Å². The average molecular weight is 278 g/mol. The molecule has 0 aliphatic heterocycles. The number of halogens is 1. The zero-order valence-electron chi connectivity index (χ0n) is 11.1. The smallest absolute Gasteiger partial charge is 0.201 e. The molecule has 0 unspecified atom stereocenters. The fourth-order valence-electron chi connectivity index (χ4n) is 3.19. The molecule has 1 aliphatic carbocycles. The van der Waals surface area contributed by atoms with Gasteiger partial charge in [-0.05, 0) is 25.0 Å². The van der Waals surface area contributed by atoms with Crippen LogP contribution in [0.15, 0.2) is 18.2 Å². The third-order valence-corrected chi connectivity index (χ3v) is 4.43. The highest BCUT2D eigenvalue weighted by Gasteiger charge is 2.20. The molecule has 1 saturated carbocycles. The first-order chi connectivity index (χ1) is 9.27. The van der Waals surface area contributed by atoms with E-state index in [4.69, 9.17) is 17.3 Å². The standard InChI is InChI=1S/C15H20ClN3/c16-12-9-6-10-13-14(12)19(15(17)18-13)11-7-4-2-1-3-5-8-11/h6,9-11H,1-5,7-8H2,(H2,17,18). The van der Waals surface area contributed by atoms with E-state index in [1.54, 1.807) is 0 Å². The van der Waals surface area contributed by atoms with Gasteiger partial charge in [0.15, 0.2) is 0 Å². The number of hydrogen-bond acceptors (Lipinski definition) is 2. The van der Waals surface area contributed by atoms with Crippen LogP contribution in [0.1, 0.15) is 51.0 Å². The van der Waals surface area contributed by atoms with Crippen LogP contribution in [-0.2, 0) is 0 Å². The van der Waals surface area contributed by atoms with Gasteiger partial charge in [0.05, 0.1) is 16.1 Å². The van der Waals surface area contributed by atoms with Crippen LogP contribution in [-0.4, -0.2) is 9.55 Å². The summed E-state index contributed by atoms with van der Waals surface area (Å²) in [5, 5.41) is 0.753. The second kappa shape index (κ2) is 5.41. The average Bonchev–Trinajstić information content (AvgIpc) is 2.67. The van der Waals surface area contributed by atoms with Gasteiger partial charge in [0.1, 0.15) is 0 Å². The molecule has 102 valence electrons. The molecule has 0 saturated heterocycles. The molecule has 19 heavy (non-hydrogen) atoms. The Bertz CT molecular complexity index is 568. The van der Waals surface area contributed by atoms with Crippen molar-refractivity contribution in [1.29, 1.82) is 0 Å². The van der Waals surface area contributed by atoms with Crippen molar-refractivity contribution in [3.05, 3.63) is 23.2 Å². The SMILES string of the molecule is Nc1nc2cccc(Cl)c2n1C1CCCCCCC1. The van der Waals surface area contributed by atoms with Crippen LogP contribution < -0.4 is 5.73 Å². The van der Waals surface area contributed by atoms with Gasteiger partial charge in [-0.2, -0.15) is 0 Å². The third-order valence-electron chi connectivity index (χ3n) is 4.13. The molecule has 4 heteroatoms. The first-order valence-electron chi connectivity index (χ1n) is 7.19. The van der Waals surface area contributed by atoms with Crippen molar-refractivity contribution in [2.75, 3.05) is 5.73 Å². The minimum Gasteiger partial charge on any atom is -0.369 e. The van der Waals surface area contributed by atoms with Crippen LogP contribution in [0.25, 0.3) is 11.0 Å². The fourth-order valence-corrected chi connectivity index (χ4v) is 3.45. The molecule has 0 bridgehead atoms. The predicted octanol–water partition coefficient (Wildman–Crippen LogP) is 4.56. The molecule has 1 heterocycles. The summed E-state index contributed by atoms with van der Waals surface area (Å²) in [6, 6.07) is 6.28. The molecule has 1 fully saturated rings. The maximum absolute atomic E-state index is 6.35. The highest BCUT2D eigenvalue weighted by molar-refractivity contribution is 6.35. The molecule has 0 atom stereocenters. The zero-order valence-corrected chi connectivity index (χ0v) is 11.9. The van der Waals surface area contributed by atoms with E-state index < -0.39 is 0 Å². The number of rotatable bonds is 1. The van der Waals surface area contributed by atoms with Crippen molar-refractivity contribution in [2.45, 2.75) is 51.0 Å². The first kappa shape index (κ1) is 12.8. The fraction of sp³-hybridized carbons (Fsp3) is 0.533. The van der Waals surface area contributed by atoms with Gasteiger partial charge in [-0.15, -0.1) is 0 Å². The number of nitrogens with two attached hydrogens (primary N) is 1. The van der Waals surface area contributed by atoms with Crippen molar-refractivity contribution >= 4 is 28.6 Å².